The molecule has 0 atom stereocenters. The second kappa shape index (κ2) is 3.95. The molecular formula is C9H4Cl4N2. The highest BCUT2D eigenvalue weighted by atomic mass is 35.6. The van der Waals surface area contributed by atoms with E-state index in [4.69, 9.17) is 46.4 Å². The zero-order chi connectivity index (χ0) is 11.1. The van der Waals surface area contributed by atoms with Crippen LogP contribution in [0.2, 0.25) is 5.02 Å². The predicted octanol–water partition coefficient (Wildman–Crippen LogP) is 4.11. The average molecular weight is 282 g/mol. The number of halogens is 4. The highest BCUT2D eigenvalue weighted by Crippen LogP contribution is 2.37. The standard InChI is InChI=1S/C9H4Cl4N2/c10-6-3-5-1-2-7(9(11,12)13)15-8(5)14-4-6/h1-4H. The van der Waals surface area contributed by atoms with Crippen molar-refractivity contribution in [2.45, 2.75) is 3.79 Å². The Labute approximate surface area is 106 Å². The molecule has 0 aliphatic rings. The van der Waals surface area contributed by atoms with Crippen molar-refractivity contribution >= 4 is 57.4 Å². The van der Waals surface area contributed by atoms with Gasteiger partial charge >= 0.3 is 0 Å². The number of pyridine rings is 2. The second-order valence-electron chi connectivity index (χ2n) is 2.89. The first kappa shape index (κ1) is 11.2. The van der Waals surface area contributed by atoms with Gasteiger partial charge in [0.2, 0.25) is 3.79 Å². The van der Waals surface area contributed by atoms with Crippen LogP contribution in [-0.4, -0.2) is 9.97 Å². The highest BCUT2D eigenvalue weighted by molar-refractivity contribution is 6.66. The fourth-order valence-electron chi connectivity index (χ4n) is 1.14. The number of nitrogens with zero attached hydrogens (tertiary/aromatic N) is 2. The molecule has 0 N–H and O–H groups in total. The van der Waals surface area contributed by atoms with Crippen molar-refractivity contribution in [3.63, 3.8) is 0 Å². The number of alkyl halides is 3. The zero-order valence-electron chi connectivity index (χ0n) is 7.22. The lowest BCUT2D eigenvalue weighted by atomic mass is 10.2. The molecule has 2 nitrogen and oxygen atoms in total. The lowest BCUT2D eigenvalue weighted by molar-refractivity contribution is 1.10. The van der Waals surface area contributed by atoms with Gasteiger partial charge in [-0.3, -0.25) is 0 Å². The summed E-state index contributed by atoms with van der Waals surface area (Å²) in [6.45, 7) is 0. The third-order valence-corrected chi connectivity index (χ3v) is 2.59. The van der Waals surface area contributed by atoms with Crippen molar-refractivity contribution in [3.05, 3.63) is 35.1 Å². The maximum absolute atomic E-state index is 5.78. The number of hydrogen-bond acceptors (Lipinski definition) is 2. The molecule has 2 rings (SSSR count). The number of aromatic nitrogens is 2. The summed E-state index contributed by atoms with van der Waals surface area (Å²) in [5.74, 6) is 0. The summed E-state index contributed by atoms with van der Waals surface area (Å²) in [4.78, 5) is 8.16. The molecule has 2 aromatic rings. The Hall–Kier alpha value is -0.280. The van der Waals surface area contributed by atoms with Crippen LogP contribution >= 0.6 is 46.4 Å². The van der Waals surface area contributed by atoms with Crippen LogP contribution in [0.15, 0.2) is 24.4 Å². The van der Waals surface area contributed by atoms with Gasteiger partial charge in [0.15, 0.2) is 5.65 Å². The number of fused-ring (bicyclic) bond motifs is 1. The lowest BCUT2D eigenvalue weighted by Gasteiger charge is -2.10. The molecule has 0 spiro atoms. The van der Waals surface area contributed by atoms with Crippen LogP contribution in [0, 0.1) is 0 Å². The summed E-state index contributed by atoms with van der Waals surface area (Å²) >= 11 is 22.9. The van der Waals surface area contributed by atoms with Crippen LogP contribution in [0.4, 0.5) is 0 Å². The van der Waals surface area contributed by atoms with Crippen LogP contribution < -0.4 is 0 Å². The molecule has 78 valence electrons. The fraction of sp³-hybridized carbons (Fsp3) is 0.111. The second-order valence-corrected chi connectivity index (χ2v) is 5.61. The Morgan fingerprint density at radius 1 is 1.13 bits per heavy atom. The molecule has 0 aliphatic heterocycles. The van der Waals surface area contributed by atoms with Gasteiger partial charge in [-0.25, -0.2) is 9.97 Å². The zero-order valence-corrected chi connectivity index (χ0v) is 10.2. The van der Waals surface area contributed by atoms with Crippen molar-refractivity contribution < 1.29 is 0 Å². The van der Waals surface area contributed by atoms with E-state index in [1.165, 1.54) is 6.20 Å². The molecule has 15 heavy (non-hydrogen) atoms. The first-order chi connectivity index (χ1) is 6.97. The van der Waals surface area contributed by atoms with Crippen molar-refractivity contribution in [2.75, 3.05) is 0 Å². The quantitative estimate of drug-likeness (QED) is 0.679. The molecule has 0 radical (unpaired) electrons. The van der Waals surface area contributed by atoms with Gasteiger partial charge in [-0.05, 0) is 18.2 Å². The third kappa shape index (κ3) is 2.45. The van der Waals surface area contributed by atoms with Crippen molar-refractivity contribution in [1.29, 1.82) is 0 Å². The monoisotopic (exact) mass is 280 g/mol. The van der Waals surface area contributed by atoms with Gasteiger partial charge in [0, 0.05) is 11.6 Å². The van der Waals surface area contributed by atoms with Crippen molar-refractivity contribution in [1.82, 2.24) is 9.97 Å². The number of hydrogen-bond donors (Lipinski definition) is 0. The Morgan fingerprint density at radius 3 is 2.53 bits per heavy atom. The van der Waals surface area contributed by atoms with Crippen LogP contribution in [0.25, 0.3) is 11.0 Å². The minimum atomic E-state index is -1.53. The van der Waals surface area contributed by atoms with E-state index in [0.29, 0.717) is 16.4 Å². The topological polar surface area (TPSA) is 25.8 Å². The van der Waals surface area contributed by atoms with Crippen molar-refractivity contribution in [3.8, 4) is 0 Å². The SMILES string of the molecule is Clc1cnc2nc(C(Cl)(Cl)Cl)ccc2c1. The Balaban J connectivity index is 2.62. The largest absolute Gasteiger partial charge is 0.235 e. The first-order valence-corrected chi connectivity index (χ1v) is 5.47. The van der Waals surface area contributed by atoms with E-state index in [1.807, 2.05) is 0 Å². The minimum Gasteiger partial charge on any atom is -0.235 e. The van der Waals surface area contributed by atoms with Crippen molar-refractivity contribution in [2.24, 2.45) is 0 Å². The van der Waals surface area contributed by atoms with Gasteiger partial charge in [-0.1, -0.05) is 46.4 Å². The predicted molar refractivity (Wildman–Crippen MR) is 63.8 cm³/mol. The molecule has 0 unspecified atom stereocenters. The molecule has 0 saturated carbocycles. The molecule has 2 aromatic heterocycles. The Morgan fingerprint density at radius 2 is 1.87 bits per heavy atom. The van der Waals surface area contributed by atoms with Gasteiger partial charge in [0.1, 0.15) is 0 Å². The Kier molecular flexibility index (Phi) is 2.95. The fourth-order valence-corrected chi connectivity index (χ4v) is 1.62. The maximum Gasteiger partial charge on any atom is 0.232 e. The van der Waals surface area contributed by atoms with Crippen LogP contribution in [-0.2, 0) is 3.79 Å². The van der Waals surface area contributed by atoms with E-state index in [1.54, 1.807) is 18.2 Å². The van der Waals surface area contributed by atoms with E-state index in [0.717, 1.165) is 5.39 Å². The molecule has 0 aromatic carbocycles. The van der Waals surface area contributed by atoms with E-state index >= 15 is 0 Å². The van der Waals surface area contributed by atoms with Gasteiger partial charge in [-0.15, -0.1) is 0 Å². The minimum absolute atomic E-state index is 0.342. The van der Waals surface area contributed by atoms with E-state index in [9.17, 15) is 0 Å². The lowest BCUT2D eigenvalue weighted by Crippen LogP contribution is -2.03. The molecule has 0 aliphatic carbocycles. The van der Waals surface area contributed by atoms with Crippen LogP contribution in [0.5, 0.6) is 0 Å². The molecule has 6 heteroatoms. The number of rotatable bonds is 0. The van der Waals surface area contributed by atoms with Gasteiger partial charge in [0.05, 0.1) is 10.7 Å². The van der Waals surface area contributed by atoms with Crippen LogP contribution in [0.3, 0.4) is 0 Å². The normalized spacial score (nSPS) is 12.0. The third-order valence-electron chi connectivity index (χ3n) is 1.80. The summed E-state index contributed by atoms with van der Waals surface area (Å²) in [7, 11) is 0. The highest BCUT2D eigenvalue weighted by Gasteiger charge is 2.24. The average Bonchev–Trinajstić information content (AvgIpc) is 2.15. The molecule has 0 bridgehead atoms. The summed E-state index contributed by atoms with van der Waals surface area (Å²) in [5, 5.41) is 1.35. The van der Waals surface area contributed by atoms with E-state index in [-0.39, 0.29) is 0 Å². The molecule has 0 saturated heterocycles. The smallest absolute Gasteiger partial charge is 0.232 e. The van der Waals surface area contributed by atoms with Gasteiger partial charge in [-0.2, -0.15) is 0 Å². The molecular weight excluding hydrogens is 278 g/mol. The maximum atomic E-state index is 5.78. The van der Waals surface area contributed by atoms with Crippen LogP contribution in [0.1, 0.15) is 5.69 Å². The van der Waals surface area contributed by atoms with E-state index < -0.39 is 3.79 Å². The van der Waals surface area contributed by atoms with Gasteiger partial charge in [0.25, 0.3) is 0 Å². The first-order valence-electron chi connectivity index (χ1n) is 3.96. The summed E-state index contributed by atoms with van der Waals surface area (Å²) in [5.41, 5.74) is 0.845. The summed E-state index contributed by atoms with van der Waals surface area (Å²) < 4.78 is -1.53. The van der Waals surface area contributed by atoms with E-state index in [2.05, 4.69) is 9.97 Å². The molecule has 0 amide bonds. The summed E-state index contributed by atoms with van der Waals surface area (Å²) in [6, 6.07) is 5.14. The summed E-state index contributed by atoms with van der Waals surface area (Å²) in [6.07, 6.45) is 1.50. The Bertz CT molecular complexity index is 507. The molecule has 2 heterocycles. The van der Waals surface area contributed by atoms with Gasteiger partial charge < -0.3 is 0 Å². The molecule has 0 fully saturated rings.